The molecular formula is C22H26F6NO5PS. The molecule has 2 rings (SSSR count). The van der Waals surface area contributed by atoms with E-state index in [0.29, 0.717) is 29.9 Å². The summed E-state index contributed by atoms with van der Waals surface area (Å²) in [6.45, 7) is 1.22. The van der Waals surface area contributed by atoms with Crippen LogP contribution in [0.15, 0.2) is 30.3 Å². The highest BCUT2D eigenvalue weighted by atomic mass is 32.1. The molecule has 0 spiro atoms. The molecule has 1 heterocycles. The predicted molar refractivity (Wildman–Crippen MR) is 122 cm³/mol. The predicted octanol–water partition coefficient (Wildman–Crippen LogP) is 6.14. The SMILES string of the molecule is CC(N)(CCc1ccc(C(=O)CCCCc2cc(C(F)(F)F)cc(C(F)(F)F)c2)s1)COP(=O)(O)O. The van der Waals surface area contributed by atoms with Gasteiger partial charge in [0, 0.05) is 16.8 Å². The second-order valence-corrected chi connectivity index (χ2v) is 11.1. The number of unbranched alkanes of at least 4 members (excludes halogenated alkanes) is 1. The smallest absolute Gasteiger partial charge is 0.323 e. The fraction of sp³-hybridized carbons (Fsp3) is 0.500. The molecule has 202 valence electrons. The minimum atomic E-state index is -4.91. The zero-order valence-corrected chi connectivity index (χ0v) is 20.9. The normalized spacial score (nSPS) is 14.6. The lowest BCUT2D eigenvalue weighted by atomic mass is 9.98. The van der Waals surface area contributed by atoms with Crippen LogP contribution in [0.3, 0.4) is 0 Å². The van der Waals surface area contributed by atoms with Crippen molar-refractivity contribution in [2.45, 2.75) is 63.3 Å². The first-order chi connectivity index (χ1) is 16.4. The lowest BCUT2D eigenvalue weighted by molar-refractivity contribution is -0.143. The molecule has 1 aromatic heterocycles. The number of halogens is 6. The number of phosphoric ester groups is 1. The number of aryl methyl sites for hydroxylation is 2. The Hall–Kier alpha value is -1.76. The quantitative estimate of drug-likeness (QED) is 0.124. The third-order valence-corrected chi connectivity index (χ3v) is 6.86. The van der Waals surface area contributed by atoms with Gasteiger partial charge in [-0.2, -0.15) is 26.3 Å². The highest BCUT2D eigenvalue weighted by Gasteiger charge is 2.36. The Morgan fingerprint density at radius 3 is 2.11 bits per heavy atom. The summed E-state index contributed by atoms with van der Waals surface area (Å²) >= 11 is 1.22. The van der Waals surface area contributed by atoms with Crippen molar-refractivity contribution in [1.29, 1.82) is 0 Å². The molecule has 0 aliphatic rings. The lowest BCUT2D eigenvalue weighted by Crippen LogP contribution is -2.41. The highest BCUT2D eigenvalue weighted by molar-refractivity contribution is 7.46. The van der Waals surface area contributed by atoms with Crippen LogP contribution < -0.4 is 5.73 Å². The van der Waals surface area contributed by atoms with Gasteiger partial charge in [0.25, 0.3) is 0 Å². The molecular weight excluding hydrogens is 535 g/mol. The number of Topliss-reactive ketones (excluding diaryl/α,β-unsaturated/α-hetero) is 1. The van der Waals surface area contributed by atoms with Gasteiger partial charge in [0.05, 0.1) is 22.6 Å². The molecule has 0 bridgehead atoms. The van der Waals surface area contributed by atoms with E-state index >= 15 is 0 Å². The Morgan fingerprint density at radius 1 is 1.00 bits per heavy atom. The zero-order chi connectivity index (χ0) is 27.4. The molecule has 1 unspecified atom stereocenters. The van der Waals surface area contributed by atoms with E-state index in [-0.39, 0.29) is 49.7 Å². The number of benzene rings is 1. The molecule has 0 aliphatic heterocycles. The maximum Gasteiger partial charge on any atom is 0.469 e. The third kappa shape index (κ3) is 10.3. The molecule has 1 atom stereocenters. The van der Waals surface area contributed by atoms with Crippen LogP contribution in [0.2, 0.25) is 0 Å². The summed E-state index contributed by atoms with van der Waals surface area (Å²) < 4.78 is 93.1. The maximum absolute atomic E-state index is 13.0. The van der Waals surface area contributed by atoms with Gasteiger partial charge in [0.15, 0.2) is 5.78 Å². The maximum atomic E-state index is 13.0. The Kier molecular flexibility index (Phi) is 9.94. The van der Waals surface area contributed by atoms with Crippen molar-refractivity contribution < 1.29 is 50.0 Å². The van der Waals surface area contributed by atoms with Crippen molar-refractivity contribution in [2.75, 3.05) is 6.61 Å². The van der Waals surface area contributed by atoms with Gasteiger partial charge in [-0.05, 0) is 74.9 Å². The molecule has 0 aliphatic carbocycles. The molecule has 2 aromatic rings. The largest absolute Gasteiger partial charge is 0.469 e. The van der Waals surface area contributed by atoms with Crippen LogP contribution in [0.4, 0.5) is 26.3 Å². The van der Waals surface area contributed by atoms with Crippen molar-refractivity contribution in [3.8, 4) is 0 Å². The Morgan fingerprint density at radius 2 is 1.58 bits per heavy atom. The topological polar surface area (TPSA) is 110 Å². The van der Waals surface area contributed by atoms with Crippen molar-refractivity contribution in [3.63, 3.8) is 0 Å². The summed E-state index contributed by atoms with van der Waals surface area (Å²) in [6.07, 6.45) is -8.49. The van der Waals surface area contributed by atoms with Gasteiger partial charge in [0.2, 0.25) is 0 Å². The number of alkyl halides is 6. The Balaban J connectivity index is 1.88. The van der Waals surface area contributed by atoms with Crippen LogP contribution in [0.1, 0.15) is 63.8 Å². The van der Waals surface area contributed by atoms with E-state index < -0.39 is 36.8 Å². The average molecular weight is 561 g/mol. The van der Waals surface area contributed by atoms with E-state index in [9.17, 15) is 35.7 Å². The van der Waals surface area contributed by atoms with Crippen molar-refractivity contribution in [1.82, 2.24) is 0 Å². The van der Waals surface area contributed by atoms with Crippen molar-refractivity contribution in [3.05, 3.63) is 56.8 Å². The fourth-order valence-electron chi connectivity index (χ4n) is 3.28. The number of carbonyl (C=O) groups is 1. The minimum Gasteiger partial charge on any atom is -0.323 e. The lowest BCUT2D eigenvalue weighted by Gasteiger charge is -2.24. The number of ketones is 1. The molecule has 36 heavy (non-hydrogen) atoms. The first kappa shape index (κ1) is 30.5. The van der Waals surface area contributed by atoms with Gasteiger partial charge in [-0.1, -0.05) is 0 Å². The van der Waals surface area contributed by atoms with Gasteiger partial charge in [-0.15, -0.1) is 11.3 Å². The first-order valence-electron chi connectivity index (χ1n) is 10.7. The number of hydrogen-bond donors (Lipinski definition) is 3. The number of rotatable bonds is 12. The molecule has 0 saturated carbocycles. The Bertz CT molecular complexity index is 1060. The second-order valence-electron chi connectivity index (χ2n) is 8.73. The van der Waals surface area contributed by atoms with Crippen LogP contribution in [0.5, 0.6) is 0 Å². The van der Waals surface area contributed by atoms with Crippen LogP contribution in [0.25, 0.3) is 0 Å². The van der Waals surface area contributed by atoms with Crippen LogP contribution in [-0.2, 0) is 34.3 Å². The monoisotopic (exact) mass is 561 g/mol. The highest BCUT2D eigenvalue weighted by Crippen LogP contribution is 2.38. The Labute approximate surface area is 207 Å². The summed E-state index contributed by atoms with van der Waals surface area (Å²) in [5.41, 5.74) is 2.14. The second kappa shape index (κ2) is 11.7. The van der Waals surface area contributed by atoms with Crippen LogP contribution in [0, 0.1) is 0 Å². The van der Waals surface area contributed by atoms with E-state index in [1.54, 1.807) is 19.1 Å². The average Bonchev–Trinajstić information content (AvgIpc) is 3.21. The number of phosphoric acid groups is 1. The molecule has 4 N–H and O–H groups in total. The van der Waals surface area contributed by atoms with E-state index in [4.69, 9.17) is 15.5 Å². The number of thiophene rings is 1. The van der Waals surface area contributed by atoms with E-state index in [0.717, 1.165) is 4.88 Å². The van der Waals surface area contributed by atoms with Crippen molar-refractivity contribution >= 4 is 24.9 Å². The first-order valence-corrected chi connectivity index (χ1v) is 13.1. The fourth-order valence-corrected chi connectivity index (χ4v) is 4.71. The summed E-state index contributed by atoms with van der Waals surface area (Å²) in [5.74, 6) is -0.202. The van der Waals surface area contributed by atoms with E-state index in [1.165, 1.54) is 11.3 Å². The van der Waals surface area contributed by atoms with Crippen LogP contribution >= 0.6 is 19.2 Å². The summed E-state index contributed by atoms with van der Waals surface area (Å²) in [4.78, 5) is 31.3. The summed E-state index contributed by atoms with van der Waals surface area (Å²) in [6, 6.07) is 4.81. The summed E-state index contributed by atoms with van der Waals surface area (Å²) in [7, 11) is -4.64. The standard InChI is InChI=1S/C22H26F6NO5PS/c1-20(29,13-34-35(31,32)33)9-8-17-6-7-19(36-17)18(30)5-3-2-4-14-10-15(21(23,24)25)12-16(11-14)22(26,27)28/h6-7,10-12H,2-5,8-9,13,29H2,1H3,(H2,31,32,33). The van der Waals surface area contributed by atoms with Crippen LogP contribution in [-0.4, -0.2) is 27.7 Å². The summed E-state index contributed by atoms with van der Waals surface area (Å²) in [5, 5.41) is 0. The zero-order valence-electron chi connectivity index (χ0n) is 19.2. The molecule has 0 amide bonds. The van der Waals surface area contributed by atoms with Gasteiger partial charge in [-0.25, -0.2) is 4.57 Å². The van der Waals surface area contributed by atoms with E-state index in [1.807, 2.05) is 0 Å². The van der Waals surface area contributed by atoms with E-state index in [2.05, 4.69) is 4.52 Å². The molecule has 0 fully saturated rings. The molecule has 0 saturated heterocycles. The molecule has 0 radical (unpaired) electrons. The molecule has 1 aromatic carbocycles. The molecule has 6 nitrogen and oxygen atoms in total. The van der Waals surface area contributed by atoms with Crippen molar-refractivity contribution in [2.24, 2.45) is 5.73 Å². The van der Waals surface area contributed by atoms with Gasteiger partial charge in [0.1, 0.15) is 0 Å². The third-order valence-electron chi connectivity index (χ3n) is 5.21. The minimum absolute atomic E-state index is 0.0399. The van der Waals surface area contributed by atoms with Gasteiger partial charge in [-0.3, -0.25) is 9.32 Å². The number of hydrogen-bond acceptors (Lipinski definition) is 5. The number of carbonyl (C=O) groups excluding carboxylic acids is 1. The van der Waals surface area contributed by atoms with Gasteiger partial charge >= 0.3 is 20.2 Å². The van der Waals surface area contributed by atoms with Gasteiger partial charge < -0.3 is 15.5 Å². The number of nitrogens with two attached hydrogens (primary N) is 1. The molecule has 14 heteroatoms.